The largest absolute Gasteiger partial charge is 0.381 e. The summed E-state index contributed by atoms with van der Waals surface area (Å²) in [5, 5.41) is 5.45. The van der Waals surface area contributed by atoms with E-state index in [2.05, 4.69) is 11.5 Å². The number of benzene rings is 1. The summed E-state index contributed by atoms with van der Waals surface area (Å²) in [7, 11) is 0. The van der Waals surface area contributed by atoms with Crippen molar-refractivity contribution in [3.63, 3.8) is 0 Å². The van der Waals surface area contributed by atoms with Crippen LogP contribution in [0.1, 0.15) is 39.5 Å². The first-order chi connectivity index (χ1) is 14.5. The van der Waals surface area contributed by atoms with E-state index in [9.17, 15) is 4.79 Å². The van der Waals surface area contributed by atoms with E-state index in [0.29, 0.717) is 35.2 Å². The summed E-state index contributed by atoms with van der Waals surface area (Å²) in [5.74, 6) is 1.41. The fraction of sp³-hybridized carbons (Fsp3) is 0.591. The van der Waals surface area contributed by atoms with Crippen molar-refractivity contribution in [2.75, 3.05) is 26.3 Å². The SMILES string of the molecule is CCCCn1c(-c2ccc(Cl)cc2)nn(CCC(=O)N(CC)CC2CCOC2)c1=S. The van der Waals surface area contributed by atoms with E-state index in [1.165, 1.54) is 0 Å². The molecule has 1 fully saturated rings. The first-order valence-corrected chi connectivity index (χ1v) is 11.6. The number of unbranched alkanes of at least 4 members (excludes halogenated alkanes) is 1. The second-order valence-corrected chi connectivity index (χ2v) is 8.55. The average Bonchev–Trinajstić information content (AvgIpc) is 3.37. The summed E-state index contributed by atoms with van der Waals surface area (Å²) in [6.45, 7) is 8.50. The van der Waals surface area contributed by atoms with Crippen LogP contribution in [0.25, 0.3) is 11.4 Å². The van der Waals surface area contributed by atoms with E-state index >= 15 is 0 Å². The number of aromatic nitrogens is 3. The van der Waals surface area contributed by atoms with Gasteiger partial charge in [-0.3, -0.25) is 9.36 Å². The molecule has 1 aliphatic rings. The molecule has 0 spiro atoms. The van der Waals surface area contributed by atoms with E-state index in [0.717, 1.165) is 57.0 Å². The molecular formula is C22H31ClN4O2S. The number of nitrogens with zero attached hydrogens (tertiary/aromatic N) is 4. The maximum absolute atomic E-state index is 12.8. The lowest BCUT2D eigenvalue weighted by molar-refractivity contribution is -0.131. The lowest BCUT2D eigenvalue weighted by Crippen LogP contribution is -2.36. The minimum Gasteiger partial charge on any atom is -0.381 e. The van der Waals surface area contributed by atoms with Crippen molar-refractivity contribution >= 4 is 29.7 Å². The molecule has 30 heavy (non-hydrogen) atoms. The Morgan fingerprint density at radius 1 is 1.30 bits per heavy atom. The minimum absolute atomic E-state index is 0.141. The highest BCUT2D eigenvalue weighted by Gasteiger charge is 2.22. The molecule has 0 bridgehead atoms. The zero-order chi connectivity index (χ0) is 21.5. The number of hydrogen-bond donors (Lipinski definition) is 0. The topological polar surface area (TPSA) is 52.3 Å². The highest BCUT2D eigenvalue weighted by molar-refractivity contribution is 7.71. The molecule has 1 saturated heterocycles. The zero-order valence-electron chi connectivity index (χ0n) is 17.8. The number of carbonyl (C=O) groups excluding carboxylic acids is 1. The van der Waals surface area contributed by atoms with Crippen LogP contribution >= 0.6 is 23.8 Å². The first kappa shape index (κ1) is 23.0. The van der Waals surface area contributed by atoms with Gasteiger partial charge in [0.2, 0.25) is 5.91 Å². The average molecular weight is 451 g/mol. The van der Waals surface area contributed by atoms with Gasteiger partial charge in [-0.15, -0.1) is 0 Å². The minimum atomic E-state index is 0.141. The Kier molecular flexibility index (Phi) is 8.48. The first-order valence-electron chi connectivity index (χ1n) is 10.8. The van der Waals surface area contributed by atoms with E-state index in [-0.39, 0.29) is 5.91 Å². The van der Waals surface area contributed by atoms with Crippen LogP contribution < -0.4 is 0 Å². The molecule has 2 aromatic rings. The van der Waals surface area contributed by atoms with Gasteiger partial charge in [-0.2, -0.15) is 5.10 Å². The molecule has 1 atom stereocenters. The summed E-state index contributed by atoms with van der Waals surface area (Å²) in [4.78, 5) is 14.7. The third kappa shape index (κ3) is 5.71. The zero-order valence-corrected chi connectivity index (χ0v) is 19.4. The molecule has 6 nitrogen and oxygen atoms in total. The number of ether oxygens (including phenoxy) is 1. The third-order valence-electron chi connectivity index (χ3n) is 5.53. The Labute approximate surface area is 188 Å². The lowest BCUT2D eigenvalue weighted by atomic mass is 10.1. The molecule has 1 aliphatic heterocycles. The van der Waals surface area contributed by atoms with Crippen LogP contribution in [0.5, 0.6) is 0 Å². The van der Waals surface area contributed by atoms with E-state index in [1.54, 1.807) is 4.68 Å². The van der Waals surface area contributed by atoms with Crippen LogP contribution in [0, 0.1) is 10.7 Å². The van der Waals surface area contributed by atoms with Crippen molar-refractivity contribution in [3.8, 4) is 11.4 Å². The van der Waals surface area contributed by atoms with Gasteiger partial charge in [-0.1, -0.05) is 24.9 Å². The Morgan fingerprint density at radius 3 is 2.70 bits per heavy atom. The summed E-state index contributed by atoms with van der Waals surface area (Å²) in [5.41, 5.74) is 0.975. The van der Waals surface area contributed by atoms with Crippen LogP contribution in [-0.4, -0.2) is 51.5 Å². The van der Waals surface area contributed by atoms with Gasteiger partial charge in [0, 0.05) is 49.2 Å². The van der Waals surface area contributed by atoms with E-state index in [1.807, 2.05) is 36.1 Å². The monoisotopic (exact) mass is 450 g/mol. The van der Waals surface area contributed by atoms with Crippen molar-refractivity contribution in [1.29, 1.82) is 0 Å². The second-order valence-electron chi connectivity index (χ2n) is 7.75. The maximum Gasteiger partial charge on any atom is 0.224 e. The van der Waals surface area contributed by atoms with Crippen LogP contribution in [0.2, 0.25) is 5.02 Å². The number of amides is 1. The second kappa shape index (κ2) is 11.1. The van der Waals surface area contributed by atoms with Crippen molar-refractivity contribution < 1.29 is 9.53 Å². The normalized spacial score (nSPS) is 16.2. The maximum atomic E-state index is 12.8. The molecular weight excluding hydrogens is 420 g/mol. The van der Waals surface area contributed by atoms with Gasteiger partial charge in [0.25, 0.3) is 0 Å². The molecule has 0 saturated carbocycles. The smallest absolute Gasteiger partial charge is 0.224 e. The van der Waals surface area contributed by atoms with E-state index < -0.39 is 0 Å². The lowest BCUT2D eigenvalue weighted by Gasteiger charge is -2.23. The molecule has 0 radical (unpaired) electrons. The number of carbonyl (C=O) groups is 1. The third-order valence-corrected chi connectivity index (χ3v) is 6.22. The Balaban J connectivity index is 1.73. The number of halogens is 1. The fourth-order valence-corrected chi connectivity index (χ4v) is 4.16. The van der Waals surface area contributed by atoms with Crippen molar-refractivity contribution in [2.24, 2.45) is 5.92 Å². The molecule has 3 rings (SSSR count). The van der Waals surface area contributed by atoms with Crippen LogP contribution in [0.4, 0.5) is 0 Å². The molecule has 2 heterocycles. The molecule has 0 N–H and O–H groups in total. The highest BCUT2D eigenvalue weighted by Crippen LogP contribution is 2.22. The van der Waals surface area contributed by atoms with Gasteiger partial charge < -0.3 is 9.64 Å². The predicted molar refractivity (Wildman–Crippen MR) is 122 cm³/mol. The summed E-state index contributed by atoms with van der Waals surface area (Å²) in [6.07, 6.45) is 3.51. The van der Waals surface area contributed by atoms with Gasteiger partial charge in [-0.25, -0.2) is 4.68 Å². The van der Waals surface area contributed by atoms with Gasteiger partial charge in [0.05, 0.1) is 13.2 Å². The van der Waals surface area contributed by atoms with E-state index in [4.69, 9.17) is 33.7 Å². The van der Waals surface area contributed by atoms with Crippen molar-refractivity contribution in [1.82, 2.24) is 19.2 Å². The summed E-state index contributed by atoms with van der Waals surface area (Å²) >= 11 is 11.8. The van der Waals surface area contributed by atoms with Crippen LogP contribution in [-0.2, 0) is 22.6 Å². The number of aryl methyl sites for hydroxylation is 1. The quantitative estimate of drug-likeness (QED) is 0.487. The Morgan fingerprint density at radius 2 is 2.07 bits per heavy atom. The highest BCUT2D eigenvalue weighted by atomic mass is 35.5. The molecule has 1 aromatic heterocycles. The molecule has 1 unspecified atom stereocenters. The number of hydrogen-bond acceptors (Lipinski definition) is 4. The molecule has 8 heteroatoms. The number of rotatable bonds is 10. The van der Waals surface area contributed by atoms with Gasteiger partial charge in [0.1, 0.15) is 0 Å². The molecule has 1 amide bonds. The van der Waals surface area contributed by atoms with Gasteiger partial charge >= 0.3 is 0 Å². The van der Waals surface area contributed by atoms with Gasteiger partial charge in [0.15, 0.2) is 10.6 Å². The van der Waals surface area contributed by atoms with Crippen LogP contribution in [0.15, 0.2) is 24.3 Å². The van der Waals surface area contributed by atoms with Crippen molar-refractivity contribution in [3.05, 3.63) is 34.1 Å². The summed E-state index contributed by atoms with van der Waals surface area (Å²) < 4.78 is 9.97. The standard InChI is InChI=1S/C22H31ClN4O2S/c1-3-5-12-26-21(18-6-8-19(23)9-7-18)24-27(22(26)30)13-10-20(28)25(4-2)15-17-11-14-29-16-17/h6-9,17H,3-5,10-16H2,1-2H3. The molecule has 1 aromatic carbocycles. The van der Waals surface area contributed by atoms with Crippen molar-refractivity contribution in [2.45, 2.75) is 52.6 Å². The summed E-state index contributed by atoms with van der Waals surface area (Å²) in [6, 6.07) is 7.64. The van der Waals surface area contributed by atoms with Gasteiger partial charge in [-0.05, 0) is 56.2 Å². The predicted octanol–water partition coefficient (Wildman–Crippen LogP) is 4.81. The van der Waals surface area contributed by atoms with Crippen LogP contribution in [0.3, 0.4) is 0 Å². The molecule has 164 valence electrons. The Bertz CT molecular complexity index is 888. The Hall–Kier alpha value is -1.70. The fourth-order valence-electron chi connectivity index (χ4n) is 3.72. The molecule has 0 aliphatic carbocycles.